The third-order valence-corrected chi connectivity index (χ3v) is 4.94. The molecule has 0 aromatic carbocycles. The lowest BCUT2D eigenvalue weighted by atomic mass is 9.90. The molecule has 7 heteroatoms. The third-order valence-electron chi connectivity index (χ3n) is 3.94. The summed E-state index contributed by atoms with van der Waals surface area (Å²) in [6, 6.07) is 0. The third kappa shape index (κ3) is 4.82. The van der Waals surface area contributed by atoms with Crippen LogP contribution < -0.4 is 5.73 Å². The molecule has 1 aromatic heterocycles. The smallest absolute Gasteiger partial charge is 0.265 e. The normalized spacial score (nSPS) is 20.7. The summed E-state index contributed by atoms with van der Waals surface area (Å²) in [6.07, 6.45) is 1.86. The molecule has 1 saturated heterocycles. The minimum Gasteiger partial charge on any atom is -0.337 e. The lowest BCUT2D eigenvalue weighted by molar-refractivity contribution is 0.0780. The average molecular weight is 368 g/mol. The van der Waals surface area contributed by atoms with Crippen LogP contribution in [-0.2, 0) is 6.42 Å². The zero-order chi connectivity index (χ0) is 14.9. The van der Waals surface area contributed by atoms with Gasteiger partial charge in [0.05, 0.1) is 10.7 Å². The summed E-state index contributed by atoms with van der Waals surface area (Å²) in [6.45, 7) is 10.7. The molecular weight excluding hydrogens is 341 g/mol. The molecule has 0 saturated carbocycles. The summed E-state index contributed by atoms with van der Waals surface area (Å²) < 4.78 is 0. The van der Waals surface area contributed by atoms with Gasteiger partial charge in [-0.05, 0) is 37.6 Å². The van der Waals surface area contributed by atoms with Gasteiger partial charge in [-0.1, -0.05) is 20.8 Å². The first-order chi connectivity index (χ1) is 9.34. The number of thiazole rings is 1. The molecule has 2 heterocycles. The number of carbonyl (C=O) groups is 1. The first-order valence-electron chi connectivity index (χ1n) is 7.30. The predicted molar refractivity (Wildman–Crippen MR) is 97.6 cm³/mol. The Kier molecular flexibility index (Phi) is 8.34. The van der Waals surface area contributed by atoms with Crippen LogP contribution in [0.5, 0.6) is 0 Å². The van der Waals surface area contributed by atoms with Crippen molar-refractivity contribution < 1.29 is 4.79 Å². The number of aromatic nitrogens is 1. The molecule has 2 N–H and O–H groups in total. The number of halogens is 2. The van der Waals surface area contributed by atoms with E-state index >= 15 is 0 Å². The topological polar surface area (TPSA) is 59.2 Å². The Bertz CT molecular complexity index is 507. The van der Waals surface area contributed by atoms with Crippen molar-refractivity contribution in [3.05, 3.63) is 15.6 Å². The van der Waals surface area contributed by atoms with E-state index in [1.165, 1.54) is 11.3 Å². The van der Waals surface area contributed by atoms with Gasteiger partial charge in [0.1, 0.15) is 4.88 Å². The molecule has 0 spiro atoms. The summed E-state index contributed by atoms with van der Waals surface area (Å²) in [4.78, 5) is 20.0. The Hall–Kier alpha value is -0.360. The van der Waals surface area contributed by atoms with Crippen molar-refractivity contribution in [2.24, 2.45) is 17.1 Å². The highest BCUT2D eigenvalue weighted by atomic mass is 35.5. The van der Waals surface area contributed by atoms with Gasteiger partial charge in [0.25, 0.3) is 5.91 Å². The zero-order valence-electron chi connectivity index (χ0n) is 13.7. The van der Waals surface area contributed by atoms with E-state index in [4.69, 9.17) is 5.73 Å². The lowest BCUT2D eigenvalue weighted by Gasteiger charge is -2.22. The second kappa shape index (κ2) is 8.48. The molecule has 1 aromatic rings. The molecule has 1 atom stereocenters. The van der Waals surface area contributed by atoms with Crippen LogP contribution in [0.25, 0.3) is 0 Å². The van der Waals surface area contributed by atoms with Crippen LogP contribution in [0.2, 0.25) is 0 Å². The van der Waals surface area contributed by atoms with Gasteiger partial charge in [0.2, 0.25) is 0 Å². The Labute approximate surface area is 149 Å². The molecule has 0 bridgehead atoms. The first kappa shape index (κ1) is 21.6. The largest absolute Gasteiger partial charge is 0.337 e. The van der Waals surface area contributed by atoms with Gasteiger partial charge in [0, 0.05) is 13.1 Å². The van der Waals surface area contributed by atoms with Crippen molar-refractivity contribution >= 4 is 42.1 Å². The molecule has 128 valence electrons. The second-order valence-corrected chi connectivity index (χ2v) is 7.80. The summed E-state index contributed by atoms with van der Waals surface area (Å²) in [5.41, 5.74) is 6.86. The monoisotopic (exact) mass is 367 g/mol. The number of likely N-dealkylation sites (tertiary alicyclic amines) is 1. The number of amides is 1. The van der Waals surface area contributed by atoms with Crippen LogP contribution in [-0.4, -0.2) is 35.4 Å². The maximum absolute atomic E-state index is 12.7. The van der Waals surface area contributed by atoms with E-state index in [9.17, 15) is 4.79 Å². The standard InChI is InChI=1S/C15H25N3OS.2ClH/c1-10(2)7-12-13(20-11(3)17-12)14(19)18-6-5-15(4,8-16)9-18;;/h10H,5-9,16H2,1-4H3;2*1H. The van der Waals surface area contributed by atoms with Gasteiger partial charge in [-0.2, -0.15) is 0 Å². The van der Waals surface area contributed by atoms with Crippen LogP contribution in [0, 0.1) is 18.3 Å². The van der Waals surface area contributed by atoms with E-state index in [2.05, 4.69) is 25.8 Å². The number of hydrogen-bond donors (Lipinski definition) is 1. The molecule has 1 amide bonds. The number of rotatable bonds is 4. The van der Waals surface area contributed by atoms with Gasteiger partial charge >= 0.3 is 0 Å². The van der Waals surface area contributed by atoms with E-state index < -0.39 is 0 Å². The fraction of sp³-hybridized carbons (Fsp3) is 0.733. The summed E-state index contributed by atoms with van der Waals surface area (Å²) in [5.74, 6) is 0.652. The van der Waals surface area contributed by atoms with Gasteiger partial charge in [-0.3, -0.25) is 4.79 Å². The number of nitrogens with two attached hydrogens (primary N) is 1. The predicted octanol–water partition coefficient (Wildman–Crippen LogP) is 3.30. The van der Waals surface area contributed by atoms with Crippen molar-refractivity contribution in [3.8, 4) is 0 Å². The quantitative estimate of drug-likeness (QED) is 0.887. The van der Waals surface area contributed by atoms with Crippen LogP contribution in [0.1, 0.15) is 47.6 Å². The van der Waals surface area contributed by atoms with Crippen molar-refractivity contribution in [2.75, 3.05) is 19.6 Å². The van der Waals surface area contributed by atoms with E-state index in [1.807, 2.05) is 11.8 Å². The van der Waals surface area contributed by atoms with Crippen LogP contribution in [0.15, 0.2) is 0 Å². The van der Waals surface area contributed by atoms with E-state index in [0.717, 1.165) is 41.5 Å². The fourth-order valence-corrected chi connectivity index (χ4v) is 3.58. The highest BCUT2D eigenvalue weighted by Crippen LogP contribution is 2.31. The van der Waals surface area contributed by atoms with E-state index in [0.29, 0.717) is 12.5 Å². The highest BCUT2D eigenvalue weighted by Gasteiger charge is 2.36. The number of aryl methyl sites for hydroxylation is 1. The Morgan fingerprint density at radius 2 is 2.09 bits per heavy atom. The molecule has 1 aliphatic rings. The molecule has 1 aliphatic heterocycles. The molecule has 1 fully saturated rings. The molecule has 0 radical (unpaired) electrons. The van der Waals surface area contributed by atoms with Crippen LogP contribution in [0.4, 0.5) is 0 Å². The molecule has 22 heavy (non-hydrogen) atoms. The lowest BCUT2D eigenvalue weighted by Crippen LogP contribution is -2.34. The highest BCUT2D eigenvalue weighted by molar-refractivity contribution is 7.13. The van der Waals surface area contributed by atoms with E-state index in [1.54, 1.807) is 0 Å². The van der Waals surface area contributed by atoms with Gasteiger partial charge in [-0.25, -0.2) is 4.98 Å². The SMILES string of the molecule is Cc1nc(CC(C)C)c(C(=O)N2CCC(C)(CN)C2)s1.Cl.Cl. The van der Waals surface area contributed by atoms with Gasteiger partial charge < -0.3 is 10.6 Å². The summed E-state index contributed by atoms with van der Waals surface area (Å²) in [5, 5.41) is 0.977. The number of hydrogen-bond acceptors (Lipinski definition) is 4. The van der Waals surface area contributed by atoms with Crippen LogP contribution >= 0.6 is 36.2 Å². The van der Waals surface area contributed by atoms with Gasteiger partial charge in [-0.15, -0.1) is 36.2 Å². The molecule has 0 aliphatic carbocycles. The maximum atomic E-state index is 12.7. The zero-order valence-corrected chi connectivity index (χ0v) is 16.2. The molecule has 2 rings (SSSR count). The van der Waals surface area contributed by atoms with Crippen molar-refractivity contribution in [2.45, 2.75) is 40.5 Å². The van der Waals surface area contributed by atoms with Crippen molar-refractivity contribution in [3.63, 3.8) is 0 Å². The molecule has 1 unspecified atom stereocenters. The molecule has 4 nitrogen and oxygen atoms in total. The van der Waals surface area contributed by atoms with Crippen molar-refractivity contribution in [1.82, 2.24) is 9.88 Å². The average Bonchev–Trinajstić information content (AvgIpc) is 2.92. The summed E-state index contributed by atoms with van der Waals surface area (Å²) >= 11 is 1.53. The first-order valence-corrected chi connectivity index (χ1v) is 8.12. The molecular formula is C15H27Cl2N3OS. The van der Waals surface area contributed by atoms with E-state index in [-0.39, 0.29) is 36.1 Å². The minimum atomic E-state index is 0. The van der Waals surface area contributed by atoms with Crippen LogP contribution in [0.3, 0.4) is 0 Å². The number of carbonyl (C=O) groups excluding carboxylic acids is 1. The fourth-order valence-electron chi connectivity index (χ4n) is 2.67. The Balaban J connectivity index is 0.00000220. The minimum absolute atomic E-state index is 0. The second-order valence-electron chi connectivity index (χ2n) is 6.60. The summed E-state index contributed by atoms with van der Waals surface area (Å²) in [7, 11) is 0. The maximum Gasteiger partial charge on any atom is 0.265 e. The Morgan fingerprint density at radius 3 is 2.59 bits per heavy atom. The number of nitrogens with zero attached hydrogens (tertiary/aromatic N) is 2. The Morgan fingerprint density at radius 1 is 1.45 bits per heavy atom. The van der Waals surface area contributed by atoms with Gasteiger partial charge in [0.15, 0.2) is 0 Å². The van der Waals surface area contributed by atoms with Crippen molar-refractivity contribution in [1.29, 1.82) is 0 Å².